The van der Waals surface area contributed by atoms with Gasteiger partial charge in [0.1, 0.15) is 0 Å². The maximum Gasteiger partial charge on any atom is 0.270 e. The maximum absolute atomic E-state index is 12.6. The fraction of sp³-hybridized carbons (Fsp3) is 0.222. The van der Waals surface area contributed by atoms with E-state index in [1.54, 1.807) is 13.0 Å². The van der Waals surface area contributed by atoms with Crippen LogP contribution in [0.5, 0.6) is 0 Å². The molecule has 2 amide bonds. The smallest absolute Gasteiger partial charge is 0.270 e. The van der Waals surface area contributed by atoms with Crippen LogP contribution in [0.1, 0.15) is 28.9 Å². The third kappa shape index (κ3) is 2.96. The summed E-state index contributed by atoms with van der Waals surface area (Å²) in [4.78, 5) is 28.8. The lowest BCUT2D eigenvalue weighted by molar-refractivity contribution is -0.123. The van der Waals surface area contributed by atoms with Crippen LogP contribution in [0.4, 0.5) is 0 Å². The highest BCUT2D eigenvalue weighted by atomic mass is 16.5. The number of aryl methyl sites for hydroxylation is 1. The van der Waals surface area contributed by atoms with Crippen LogP contribution < -0.4 is 10.9 Å². The van der Waals surface area contributed by atoms with Crippen molar-refractivity contribution in [2.24, 2.45) is 5.92 Å². The van der Waals surface area contributed by atoms with Crippen molar-refractivity contribution in [3.63, 3.8) is 0 Å². The van der Waals surface area contributed by atoms with Crippen molar-refractivity contribution in [2.45, 2.75) is 19.8 Å². The lowest BCUT2D eigenvalue weighted by Crippen LogP contribution is -2.42. The first-order chi connectivity index (χ1) is 12.1. The second kappa shape index (κ2) is 6.01. The van der Waals surface area contributed by atoms with E-state index in [1.807, 2.05) is 30.3 Å². The van der Waals surface area contributed by atoms with Crippen LogP contribution in [0.25, 0.3) is 22.4 Å². The molecular weight excluding hydrogens is 320 g/mol. The number of nitrogens with one attached hydrogen (secondary N) is 2. The van der Waals surface area contributed by atoms with E-state index < -0.39 is 5.91 Å². The monoisotopic (exact) mass is 336 g/mol. The fourth-order valence-electron chi connectivity index (χ4n) is 2.66. The molecule has 4 rings (SSSR count). The highest BCUT2D eigenvalue weighted by Crippen LogP contribution is 2.29. The van der Waals surface area contributed by atoms with Gasteiger partial charge in [0.15, 0.2) is 0 Å². The lowest BCUT2D eigenvalue weighted by Gasteiger charge is -2.09. The predicted molar refractivity (Wildman–Crippen MR) is 90.3 cm³/mol. The molecule has 1 saturated carbocycles. The molecule has 0 spiro atoms. The molecule has 0 unspecified atom stereocenters. The molecule has 0 bridgehead atoms. The van der Waals surface area contributed by atoms with Gasteiger partial charge in [0.05, 0.1) is 22.3 Å². The summed E-state index contributed by atoms with van der Waals surface area (Å²) in [7, 11) is 0. The van der Waals surface area contributed by atoms with E-state index in [0.717, 1.165) is 18.4 Å². The summed E-state index contributed by atoms with van der Waals surface area (Å²) >= 11 is 0. The Labute approximate surface area is 143 Å². The van der Waals surface area contributed by atoms with E-state index in [2.05, 4.69) is 21.0 Å². The molecule has 1 fully saturated rings. The molecule has 0 radical (unpaired) electrons. The van der Waals surface area contributed by atoms with Gasteiger partial charge in [0.2, 0.25) is 5.91 Å². The normalized spacial score (nSPS) is 13.6. The lowest BCUT2D eigenvalue weighted by atomic mass is 10.1. The number of pyridine rings is 1. The Hall–Kier alpha value is -3.22. The first-order valence-corrected chi connectivity index (χ1v) is 8.06. The third-order valence-corrected chi connectivity index (χ3v) is 4.18. The molecule has 7 nitrogen and oxygen atoms in total. The van der Waals surface area contributed by atoms with Crippen molar-refractivity contribution in [1.29, 1.82) is 0 Å². The minimum Gasteiger partial charge on any atom is -0.335 e. The second-order valence-electron chi connectivity index (χ2n) is 6.09. The van der Waals surface area contributed by atoms with Crippen molar-refractivity contribution < 1.29 is 14.1 Å². The minimum absolute atomic E-state index is 0.00923. The summed E-state index contributed by atoms with van der Waals surface area (Å²) in [5, 5.41) is 4.44. The fourth-order valence-corrected chi connectivity index (χ4v) is 2.66. The van der Waals surface area contributed by atoms with E-state index in [1.165, 1.54) is 0 Å². The number of carbonyl (C=O) groups excluding carboxylic acids is 2. The van der Waals surface area contributed by atoms with Crippen LogP contribution in [0, 0.1) is 12.8 Å². The standard InChI is InChI=1S/C18H16N4O3/c1-10-15-13(17(24)21-20-16(23)12-7-8-12)9-14(19-18(15)25-22-10)11-5-3-2-4-6-11/h2-6,9,12H,7-8H2,1H3,(H,20,23)(H,21,24). The largest absolute Gasteiger partial charge is 0.335 e. The van der Waals surface area contributed by atoms with Gasteiger partial charge in [-0.3, -0.25) is 20.4 Å². The first kappa shape index (κ1) is 15.3. The molecule has 1 aliphatic carbocycles. The van der Waals surface area contributed by atoms with Gasteiger partial charge in [-0.25, -0.2) is 4.98 Å². The quantitative estimate of drug-likeness (QED) is 0.716. The van der Waals surface area contributed by atoms with Crippen LogP contribution >= 0.6 is 0 Å². The number of hydrogen-bond acceptors (Lipinski definition) is 5. The predicted octanol–water partition coefficient (Wildman–Crippen LogP) is 2.37. The number of aromatic nitrogens is 2. The first-order valence-electron chi connectivity index (χ1n) is 8.06. The average molecular weight is 336 g/mol. The van der Waals surface area contributed by atoms with Gasteiger partial charge in [0, 0.05) is 11.5 Å². The summed E-state index contributed by atoms with van der Waals surface area (Å²) in [6.45, 7) is 1.75. The van der Waals surface area contributed by atoms with E-state index in [0.29, 0.717) is 22.3 Å². The molecule has 2 N–H and O–H groups in total. The number of amides is 2. The number of carbonyl (C=O) groups is 2. The molecule has 7 heteroatoms. The van der Waals surface area contributed by atoms with Gasteiger partial charge >= 0.3 is 0 Å². The summed E-state index contributed by atoms with van der Waals surface area (Å²) in [5.41, 5.74) is 7.62. The van der Waals surface area contributed by atoms with Gasteiger partial charge in [0.25, 0.3) is 11.6 Å². The van der Waals surface area contributed by atoms with Crippen molar-refractivity contribution in [3.05, 3.63) is 47.7 Å². The van der Waals surface area contributed by atoms with Crippen molar-refractivity contribution in [1.82, 2.24) is 21.0 Å². The molecule has 0 aliphatic heterocycles. The molecule has 126 valence electrons. The van der Waals surface area contributed by atoms with Crippen molar-refractivity contribution >= 4 is 22.9 Å². The molecule has 1 aliphatic rings. The average Bonchev–Trinajstić information content (AvgIpc) is 3.43. The van der Waals surface area contributed by atoms with Crippen molar-refractivity contribution in [2.75, 3.05) is 0 Å². The zero-order valence-corrected chi connectivity index (χ0v) is 13.6. The van der Waals surface area contributed by atoms with Crippen LogP contribution in [-0.4, -0.2) is 22.0 Å². The third-order valence-electron chi connectivity index (χ3n) is 4.18. The Balaban J connectivity index is 1.71. The Morgan fingerprint density at radius 1 is 1.16 bits per heavy atom. The SMILES string of the molecule is Cc1noc2nc(-c3ccccc3)cc(C(=O)NNC(=O)C3CC3)c12. The zero-order chi connectivity index (χ0) is 17.4. The van der Waals surface area contributed by atoms with Gasteiger partial charge in [-0.15, -0.1) is 0 Å². The summed E-state index contributed by atoms with van der Waals surface area (Å²) in [6.07, 6.45) is 1.73. The second-order valence-corrected chi connectivity index (χ2v) is 6.09. The summed E-state index contributed by atoms with van der Waals surface area (Å²) < 4.78 is 5.25. The minimum atomic E-state index is -0.426. The van der Waals surface area contributed by atoms with E-state index in [-0.39, 0.29) is 17.5 Å². The molecule has 0 atom stereocenters. The highest BCUT2D eigenvalue weighted by molar-refractivity contribution is 6.07. The molecule has 1 aromatic carbocycles. The van der Waals surface area contributed by atoms with Crippen LogP contribution in [0.15, 0.2) is 40.9 Å². The van der Waals surface area contributed by atoms with E-state index >= 15 is 0 Å². The summed E-state index contributed by atoms with van der Waals surface area (Å²) in [6, 6.07) is 11.2. The Morgan fingerprint density at radius 3 is 2.64 bits per heavy atom. The van der Waals surface area contributed by atoms with Gasteiger partial charge < -0.3 is 4.52 Å². The number of benzene rings is 1. The Kier molecular flexibility index (Phi) is 3.68. The molecule has 2 heterocycles. The number of nitrogens with zero attached hydrogens (tertiary/aromatic N) is 2. The van der Waals surface area contributed by atoms with Crippen molar-refractivity contribution in [3.8, 4) is 11.3 Å². The van der Waals surface area contributed by atoms with E-state index in [4.69, 9.17) is 4.52 Å². The number of hydrazine groups is 1. The van der Waals surface area contributed by atoms with Gasteiger partial charge in [-0.1, -0.05) is 35.5 Å². The molecule has 0 saturated heterocycles. The van der Waals surface area contributed by atoms with Gasteiger partial charge in [-0.2, -0.15) is 0 Å². The molecular formula is C18H16N4O3. The van der Waals surface area contributed by atoms with Crippen LogP contribution in [-0.2, 0) is 4.79 Å². The van der Waals surface area contributed by atoms with Crippen LogP contribution in [0.3, 0.4) is 0 Å². The van der Waals surface area contributed by atoms with Crippen LogP contribution in [0.2, 0.25) is 0 Å². The summed E-state index contributed by atoms with van der Waals surface area (Å²) in [5.74, 6) is -0.580. The van der Waals surface area contributed by atoms with Gasteiger partial charge in [-0.05, 0) is 25.8 Å². The molecule has 2 aromatic heterocycles. The Bertz CT molecular complexity index is 961. The number of fused-ring (bicyclic) bond motifs is 1. The number of rotatable bonds is 3. The number of hydrogen-bond donors (Lipinski definition) is 2. The highest BCUT2D eigenvalue weighted by Gasteiger charge is 2.30. The molecule has 25 heavy (non-hydrogen) atoms. The Morgan fingerprint density at radius 2 is 1.92 bits per heavy atom. The maximum atomic E-state index is 12.6. The zero-order valence-electron chi connectivity index (χ0n) is 13.6. The van der Waals surface area contributed by atoms with E-state index in [9.17, 15) is 9.59 Å². The molecule has 3 aromatic rings. The topological polar surface area (TPSA) is 97.1 Å².